The fourth-order valence-corrected chi connectivity index (χ4v) is 3.84. The third-order valence-corrected chi connectivity index (χ3v) is 5.09. The Labute approximate surface area is 117 Å². The number of rotatable bonds is 2. The zero-order valence-corrected chi connectivity index (χ0v) is 12.2. The van der Waals surface area contributed by atoms with Crippen LogP contribution in [0.15, 0.2) is 15.6 Å². The SMILES string of the molecule is CCC1COCCN1C(=O)C1=C(C)N2CCN=C2S1. The number of ether oxygens (including phenoxy) is 1. The van der Waals surface area contributed by atoms with Crippen LogP contribution < -0.4 is 0 Å². The number of amides is 1. The maximum atomic E-state index is 12.7. The predicted molar refractivity (Wildman–Crippen MR) is 75.9 cm³/mol. The molecule has 3 aliphatic rings. The van der Waals surface area contributed by atoms with Crippen LogP contribution in [0.2, 0.25) is 0 Å². The number of morpholine rings is 1. The lowest BCUT2D eigenvalue weighted by Crippen LogP contribution is -2.48. The third kappa shape index (κ3) is 2.17. The van der Waals surface area contributed by atoms with E-state index >= 15 is 0 Å². The number of hydrogen-bond donors (Lipinski definition) is 0. The molecule has 0 spiro atoms. The van der Waals surface area contributed by atoms with Crippen LogP contribution in [0.25, 0.3) is 0 Å². The Kier molecular flexibility index (Phi) is 3.54. The van der Waals surface area contributed by atoms with E-state index < -0.39 is 0 Å². The van der Waals surface area contributed by atoms with E-state index in [-0.39, 0.29) is 11.9 Å². The Morgan fingerprint density at radius 2 is 2.37 bits per heavy atom. The molecule has 1 atom stereocenters. The summed E-state index contributed by atoms with van der Waals surface area (Å²) in [6.07, 6.45) is 0.938. The normalized spacial score (nSPS) is 26.8. The number of carbonyl (C=O) groups excluding carboxylic acids is 1. The van der Waals surface area contributed by atoms with Gasteiger partial charge in [-0.15, -0.1) is 0 Å². The number of amidine groups is 1. The van der Waals surface area contributed by atoms with Crippen molar-refractivity contribution in [3.05, 3.63) is 10.6 Å². The summed E-state index contributed by atoms with van der Waals surface area (Å²) in [5.41, 5.74) is 1.06. The Hall–Kier alpha value is -1.01. The largest absolute Gasteiger partial charge is 0.377 e. The van der Waals surface area contributed by atoms with Crippen molar-refractivity contribution in [2.75, 3.05) is 32.8 Å². The number of thioether (sulfide) groups is 1. The second-order valence-electron chi connectivity index (χ2n) is 4.97. The summed E-state index contributed by atoms with van der Waals surface area (Å²) in [4.78, 5) is 22.1. The molecule has 0 saturated carbocycles. The van der Waals surface area contributed by atoms with Gasteiger partial charge in [-0.2, -0.15) is 0 Å². The summed E-state index contributed by atoms with van der Waals surface area (Å²) in [6, 6.07) is 0.208. The van der Waals surface area contributed by atoms with Gasteiger partial charge in [0.25, 0.3) is 5.91 Å². The lowest BCUT2D eigenvalue weighted by atomic mass is 10.1. The first-order valence-electron chi connectivity index (χ1n) is 6.81. The first-order chi connectivity index (χ1) is 9.22. The summed E-state index contributed by atoms with van der Waals surface area (Å²) in [5, 5.41) is 0.988. The van der Waals surface area contributed by atoms with E-state index in [1.54, 1.807) is 0 Å². The summed E-state index contributed by atoms with van der Waals surface area (Å²) >= 11 is 1.53. The molecule has 19 heavy (non-hydrogen) atoms. The number of aliphatic imine (C=N–C) groups is 1. The van der Waals surface area contributed by atoms with Crippen molar-refractivity contribution < 1.29 is 9.53 Å². The van der Waals surface area contributed by atoms with Gasteiger partial charge in [-0.05, 0) is 25.1 Å². The lowest BCUT2D eigenvalue weighted by molar-refractivity contribution is -0.135. The van der Waals surface area contributed by atoms with Gasteiger partial charge in [0, 0.05) is 18.8 Å². The maximum absolute atomic E-state index is 12.7. The molecule has 0 bridgehead atoms. The molecule has 3 aliphatic heterocycles. The molecule has 0 aromatic carbocycles. The topological polar surface area (TPSA) is 45.1 Å². The van der Waals surface area contributed by atoms with E-state index in [9.17, 15) is 4.79 Å². The highest BCUT2D eigenvalue weighted by molar-refractivity contribution is 8.18. The minimum Gasteiger partial charge on any atom is -0.377 e. The first kappa shape index (κ1) is 13.0. The molecule has 3 heterocycles. The van der Waals surface area contributed by atoms with Crippen molar-refractivity contribution in [1.29, 1.82) is 0 Å². The second kappa shape index (κ2) is 5.17. The van der Waals surface area contributed by atoms with E-state index in [2.05, 4.69) is 16.8 Å². The first-order valence-corrected chi connectivity index (χ1v) is 7.63. The maximum Gasteiger partial charge on any atom is 0.262 e. The average Bonchev–Trinajstić information content (AvgIpc) is 3.01. The number of hydrogen-bond acceptors (Lipinski definition) is 5. The minimum atomic E-state index is 0.148. The van der Waals surface area contributed by atoms with Crippen molar-refractivity contribution in [2.24, 2.45) is 4.99 Å². The predicted octanol–water partition coefficient (Wildman–Crippen LogP) is 1.27. The summed E-state index contributed by atoms with van der Waals surface area (Å²) in [5.74, 6) is 0.148. The standard InChI is InChI=1S/C13H19N3O2S/c1-3-10-8-18-7-6-16(10)12(17)11-9(2)15-5-4-14-13(15)19-11/h10H,3-8H2,1-2H3. The van der Waals surface area contributed by atoms with Crippen molar-refractivity contribution in [1.82, 2.24) is 9.80 Å². The van der Waals surface area contributed by atoms with E-state index in [1.807, 2.05) is 11.8 Å². The van der Waals surface area contributed by atoms with E-state index in [0.717, 1.165) is 35.3 Å². The molecule has 5 nitrogen and oxygen atoms in total. The highest BCUT2D eigenvalue weighted by atomic mass is 32.2. The number of fused-ring (bicyclic) bond motifs is 1. The Bertz CT molecular complexity index is 461. The number of carbonyl (C=O) groups is 1. The van der Waals surface area contributed by atoms with Gasteiger partial charge in [0.05, 0.1) is 30.7 Å². The summed E-state index contributed by atoms with van der Waals surface area (Å²) in [7, 11) is 0. The third-order valence-electron chi connectivity index (χ3n) is 3.88. The van der Waals surface area contributed by atoms with Gasteiger partial charge >= 0.3 is 0 Å². The van der Waals surface area contributed by atoms with Gasteiger partial charge in [-0.3, -0.25) is 9.79 Å². The van der Waals surface area contributed by atoms with Crippen LogP contribution in [0.5, 0.6) is 0 Å². The van der Waals surface area contributed by atoms with Crippen molar-refractivity contribution in [3.63, 3.8) is 0 Å². The van der Waals surface area contributed by atoms with Crippen molar-refractivity contribution in [2.45, 2.75) is 26.3 Å². The molecule has 0 N–H and O–H groups in total. The van der Waals surface area contributed by atoms with Gasteiger partial charge in [0.2, 0.25) is 0 Å². The Morgan fingerprint density at radius 1 is 1.53 bits per heavy atom. The highest BCUT2D eigenvalue weighted by Gasteiger charge is 2.37. The molecule has 1 unspecified atom stereocenters. The van der Waals surface area contributed by atoms with Gasteiger partial charge in [-0.25, -0.2) is 0 Å². The van der Waals surface area contributed by atoms with Crippen LogP contribution in [0.4, 0.5) is 0 Å². The van der Waals surface area contributed by atoms with Crippen molar-refractivity contribution >= 4 is 22.8 Å². The van der Waals surface area contributed by atoms with Crippen LogP contribution in [0.3, 0.4) is 0 Å². The second-order valence-corrected chi connectivity index (χ2v) is 5.95. The molecule has 0 aromatic heterocycles. The van der Waals surface area contributed by atoms with Crippen molar-refractivity contribution in [3.8, 4) is 0 Å². The van der Waals surface area contributed by atoms with Gasteiger partial charge in [-0.1, -0.05) is 6.92 Å². The molecular weight excluding hydrogens is 262 g/mol. The lowest BCUT2D eigenvalue weighted by Gasteiger charge is -2.35. The molecule has 0 aromatic rings. The zero-order chi connectivity index (χ0) is 13.4. The van der Waals surface area contributed by atoms with Crippen LogP contribution in [0.1, 0.15) is 20.3 Å². The minimum absolute atomic E-state index is 0.148. The van der Waals surface area contributed by atoms with Crippen LogP contribution in [-0.2, 0) is 9.53 Å². The molecular formula is C13H19N3O2S. The molecule has 1 fully saturated rings. The van der Waals surface area contributed by atoms with Crippen LogP contribution in [-0.4, -0.2) is 59.8 Å². The van der Waals surface area contributed by atoms with Crippen LogP contribution in [0, 0.1) is 0 Å². The van der Waals surface area contributed by atoms with E-state index in [1.165, 1.54) is 11.8 Å². The molecule has 1 amide bonds. The Balaban J connectivity index is 1.80. The highest BCUT2D eigenvalue weighted by Crippen LogP contribution is 2.37. The molecule has 0 aliphatic carbocycles. The monoisotopic (exact) mass is 281 g/mol. The fourth-order valence-electron chi connectivity index (χ4n) is 2.70. The van der Waals surface area contributed by atoms with Gasteiger partial charge in [0.1, 0.15) is 0 Å². The quantitative estimate of drug-likeness (QED) is 0.765. The number of nitrogens with zero attached hydrogens (tertiary/aromatic N) is 3. The van der Waals surface area contributed by atoms with Gasteiger partial charge < -0.3 is 14.5 Å². The van der Waals surface area contributed by atoms with E-state index in [4.69, 9.17) is 4.74 Å². The van der Waals surface area contributed by atoms with E-state index in [0.29, 0.717) is 19.8 Å². The smallest absolute Gasteiger partial charge is 0.262 e. The molecule has 6 heteroatoms. The Morgan fingerprint density at radius 3 is 3.11 bits per heavy atom. The summed E-state index contributed by atoms with van der Waals surface area (Å²) in [6.45, 7) is 7.87. The molecule has 3 rings (SSSR count). The molecule has 1 saturated heterocycles. The fraction of sp³-hybridized carbons (Fsp3) is 0.692. The van der Waals surface area contributed by atoms with Crippen LogP contribution >= 0.6 is 11.8 Å². The number of allylic oxidation sites excluding steroid dienone is 1. The average molecular weight is 281 g/mol. The molecule has 0 radical (unpaired) electrons. The van der Waals surface area contributed by atoms with Gasteiger partial charge in [0.15, 0.2) is 5.17 Å². The summed E-state index contributed by atoms with van der Waals surface area (Å²) < 4.78 is 5.47. The zero-order valence-electron chi connectivity index (χ0n) is 11.4. The molecule has 104 valence electrons.